The summed E-state index contributed by atoms with van der Waals surface area (Å²) in [5, 5.41) is 8.15. The van der Waals surface area contributed by atoms with Gasteiger partial charge in [-0.15, -0.1) is 0 Å². The number of benzene rings is 1. The van der Waals surface area contributed by atoms with Gasteiger partial charge in [-0.3, -0.25) is 4.79 Å². The minimum Gasteiger partial charge on any atom is -0.367 e. The predicted molar refractivity (Wildman–Crippen MR) is 161 cm³/mol. The van der Waals surface area contributed by atoms with Crippen LogP contribution in [-0.4, -0.2) is 44.5 Å². The standard InChI is InChI=1S/C30H31BrClN5O/c1-3-4-6-10-23-11-13-24(14-12-23)30(38)36-18-15-25(16-19-36)34-28-20-27(22(2)9-7-5-8-17-32)35-29-26(31)21-33-37(28)29/h3-14,17,20-21,25,34H,15-16,18-19H2,1-2H3/b4-3-,7-5-,10-6-,17-8+,22-9+. The molecular weight excluding hydrogens is 562 g/mol. The number of nitrogens with zero attached hydrogens (tertiary/aromatic N) is 4. The van der Waals surface area contributed by atoms with E-state index in [0.717, 1.165) is 51.2 Å². The van der Waals surface area contributed by atoms with Gasteiger partial charge in [0.25, 0.3) is 5.91 Å². The van der Waals surface area contributed by atoms with Crippen LogP contribution in [0.3, 0.4) is 0 Å². The Bertz CT molecular complexity index is 1410. The molecule has 1 aliphatic heterocycles. The fourth-order valence-electron chi connectivity index (χ4n) is 4.27. The van der Waals surface area contributed by atoms with Crippen LogP contribution in [0.4, 0.5) is 5.82 Å². The number of allylic oxidation sites excluding steroid dienone is 8. The molecule has 3 heterocycles. The Kier molecular flexibility index (Phi) is 9.73. The maximum absolute atomic E-state index is 13.1. The highest BCUT2D eigenvalue weighted by Crippen LogP contribution is 2.26. The monoisotopic (exact) mass is 591 g/mol. The molecule has 0 bridgehead atoms. The Morgan fingerprint density at radius 2 is 1.87 bits per heavy atom. The van der Waals surface area contributed by atoms with Crippen LogP contribution in [0, 0.1) is 0 Å². The lowest BCUT2D eigenvalue weighted by molar-refractivity contribution is 0.0718. The predicted octanol–water partition coefficient (Wildman–Crippen LogP) is 7.51. The second-order valence-electron chi connectivity index (χ2n) is 9.03. The van der Waals surface area contributed by atoms with Crippen molar-refractivity contribution in [3.8, 4) is 0 Å². The highest BCUT2D eigenvalue weighted by molar-refractivity contribution is 9.10. The van der Waals surface area contributed by atoms with Crippen LogP contribution in [0.25, 0.3) is 17.3 Å². The summed E-state index contributed by atoms with van der Waals surface area (Å²) < 4.78 is 2.65. The van der Waals surface area contributed by atoms with Crippen LogP contribution in [0.5, 0.6) is 0 Å². The zero-order valence-electron chi connectivity index (χ0n) is 21.5. The largest absolute Gasteiger partial charge is 0.367 e. The number of carbonyl (C=O) groups is 1. The van der Waals surface area contributed by atoms with Gasteiger partial charge < -0.3 is 10.2 Å². The minimum atomic E-state index is 0.0786. The molecule has 4 rings (SSSR count). The molecule has 0 saturated carbocycles. The third-order valence-electron chi connectivity index (χ3n) is 6.36. The molecule has 0 atom stereocenters. The number of fused-ring (bicyclic) bond motifs is 1. The molecule has 1 N–H and O–H groups in total. The van der Waals surface area contributed by atoms with Crippen molar-refractivity contribution < 1.29 is 4.79 Å². The van der Waals surface area contributed by atoms with Crippen LogP contribution in [0.2, 0.25) is 0 Å². The van der Waals surface area contributed by atoms with Gasteiger partial charge in [-0.1, -0.05) is 72.3 Å². The van der Waals surface area contributed by atoms with Crippen LogP contribution in [0.15, 0.2) is 89.1 Å². The number of amides is 1. The zero-order chi connectivity index (χ0) is 26.9. The van der Waals surface area contributed by atoms with Crippen molar-refractivity contribution in [2.24, 2.45) is 0 Å². The Hall–Kier alpha value is -3.42. The molecule has 3 aromatic rings. The number of rotatable bonds is 8. The van der Waals surface area contributed by atoms with E-state index in [1.807, 2.05) is 96.1 Å². The normalized spacial score (nSPS) is 15.7. The molecule has 38 heavy (non-hydrogen) atoms. The smallest absolute Gasteiger partial charge is 0.253 e. The van der Waals surface area contributed by atoms with E-state index in [1.165, 1.54) is 5.54 Å². The third kappa shape index (κ3) is 6.91. The first-order valence-corrected chi connectivity index (χ1v) is 13.8. The summed E-state index contributed by atoms with van der Waals surface area (Å²) in [6.07, 6.45) is 19.0. The summed E-state index contributed by atoms with van der Waals surface area (Å²) in [6.45, 7) is 5.40. The quantitative estimate of drug-likeness (QED) is 0.275. The number of piperidine rings is 1. The summed E-state index contributed by atoms with van der Waals surface area (Å²) >= 11 is 9.15. The van der Waals surface area contributed by atoms with E-state index in [-0.39, 0.29) is 11.9 Å². The van der Waals surface area contributed by atoms with Crippen LogP contribution < -0.4 is 5.32 Å². The summed E-state index contributed by atoms with van der Waals surface area (Å²) in [6, 6.07) is 10.0. The van der Waals surface area contributed by atoms with E-state index in [0.29, 0.717) is 13.1 Å². The van der Waals surface area contributed by atoms with Crippen molar-refractivity contribution in [1.82, 2.24) is 19.5 Å². The zero-order valence-corrected chi connectivity index (χ0v) is 23.9. The van der Waals surface area contributed by atoms with E-state index in [9.17, 15) is 4.79 Å². The molecule has 2 aromatic heterocycles. The van der Waals surface area contributed by atoms with Gasteiger partial charge in [-0.05, 0) is 65.9 Å². The first kappa shape index (κ1) is 27.6. The molecule has 0 radical (unpaired) electrons. The highest BCUT2D eigenvalue weighted by Gasteiger charge is 2.24. The van der Waals surface area contributed by atoms with Crippen molar-refractivity contribution in [3.63, 3.8) is 0 Å². The Labute approximate surface area is 237 Å². The number of aromatic nitrogens is 3. The maximum atomic E-state index is 13.1. The highest BCUT2D eigenvalue weighted by atomic mass is 79.9. The van der Waals surface area contributed by atoms with Crippen molar-refractivity contribution >= 4 is 56.6 Å². The Morgan fingerprint density at radius 3 is 2.58 bits per heavy atom. The van der Waals surface area contributed by atoms with E-state index in [1.54, 1.807) is 12.3 Å². The van der Waals surface area contributed by atoms with Crippen molar-refractivity contribution in [2.75, 3.05) is 18.4 Å². The molecule has 6 nitrogen and oxygen atoms in total. The molecule has 0 aliphatic carbocycles. The molecule has 196 valence electrons. The number of halogens is 2. The molecule has 1 aliphatic rings. The summed E-state index contributed by atoms with van der Waals surface area (Å²) in [7, 11) is 0. The number of hydrogen-bond donors (Lipinski definition) is 1. The van der Waals surface area contributed by atoms with Gasteiger partial charge in [0, 0.05) is 36.3 Å². The van der Waals surface area contributed by atoms with E-state index in [2.05, 4.69) is 26.3 Å². The van der Waals surface area contributed by atoms with Crippen molar-refractivity contribution in [2.45, 2.75) is 32.7 Å². The summed E-state index contributed by atoms with van der Waals surface area (Å²) in [5.41, 5.74) is 5.89. The van der Waals surface area contributed by atoms with Gasteiger partial charge in [-0.25, -0.2) is 4.98 Å². The second-order valence-corrected chi connectivity index (χ2v) is 10.1. The van der Waals surface area contributed by atoms with Crippen molar-refractivity contribution in [1.29, 1.82) is 0 Å². The van der Waals surface area contributed by atoms with Crippen LogP contribution in [-0.2, 0) is 0 Å². The lowest BCUT2D eigenvalue weighted by atomic mass is 10.0. The number of hydrogen-bond acceptors (Lipinski definition) is 4. The minimum absolute atomic E-state index is 0.0786. The fraction of sp³-hybridized carbons (Fsp3) is 0.233. The second kappa shape index (κ2) is 13.4. The lowest BCUT2D eigenvalue weighted by Gasteiger charge is -2.33. The number of anilines is 1. The van der Waals surface area contributed by atoms with E-state index in [4.69, 9.17) is 16.6 Å². The molecule has 0 spiro atoms. The molecule has 1 fully saturated rings. The summed E-state index contributed by atoms with van der Waals surface area (Å²) in [5.74, 6) is 0.953. The van der Waals surface area contributed by atoms with Crippen LogP contribution >= 0.6 is 27.5 Å². The fourth-order valence-corrected chi connectivity index (χ4v) is 4.70. The SMILES string of the molecule is C/C=C\C=C/c1ccc(C(=O)N2CCC(Nc3cc(/C(C)=C/C=C\C=C\Cl)nc4c(Br)cnn34)CC2)cc1. The van der Waals surface area contributed by atoms with Gasteiger partial charge in [0.15, 0.2) is 5.65 Å². The average molecular weight is 593 g/mol. The summed E-state index contributed by atoms with van der Waals surface area (Å²) in [4.78, 5) is 19.8. The molecule has 0 unspecified atom stereocenters. The number of nitrogens with one attached hydrogen (secondary N) is 1. The molecule has 8 heteroatoms. The topological polar surface area (TPSA) is 62.5 Å². The molecule has 1 amide bonds. The molecule has 1 saturated heterocycles. The molecule has 1 aromatic carbocycles. The van der Waals surface area contributed by atoms with Gasteiger partial charge in [-0.2, -0.15) is 9.61 Å². The lowest BCUT2D eigenvalue weighted by Crippen LogP contribution is -2.42. The first-order chi connectivity index (χ1) is 18.5. The number of carbonyl (C=O) groups excluding carboxylic acids is 1. The van der Waals surface area contributed by atoms with Gasteiger partial charge in [0.1, 0.15) is 5.82 Å². The van der Waals surface area contributed by atoms with Crippen LogP contribution in [0.1, 0.15) is 48.3 Å². The Balaban J connectivity index is 1.43. The van der Waals surface area contributed by atoms with Crippen molar-refractivity contribution in [3.05, 3.63) is 106 Å². The van der Waals surface area contributed by atoms with Gasteiger partial charge in [0.05, 0.1) is 16.4 Å². The molecular formula is C30H31BrClN5O. The number of likely N-dealkylation sites (tertiary alicyclic amines) is 1. The van der Waals surface area contributed by atoms with Gasteiger partial charge >= 0.3 is 0 Å². The Morgan fingerprint density at radius 1 is 1.11 bits per heavy atom. The third-order valence-corrected chi connectivity index (χ3v) is 7.06. The maximum Gasteiger partial charge on any atom is 0.253 e. The average Bonchev–Trinajstić information content (AvgIpc) is 3.32. The van der Waals surface area contributed by atoms with Gasteiger partial charge in [0.2, 0.25) is 0 Å². The first-order valence-electron chi connectivity index (χ1n) is 12.6. The van der Waals surface area contributed by atoms with E-state index < -0.39 is 0 Å². The van der Waals surface area contributed by atoms with E-state index >= 15 is 0 Å².